The highest BCUT2D eigenvalue weighted by Crippen LogP contribution is 2.20. The topological polar surface area (TPSA) is 88.8 Å². The van der Waals surface area contributed by atoms with Gasteiger partial charge in [0.2, 0.25) is 0 Å². The van der Waals surface area contributed by atoms with E-state index in [1.165, 1.54) is 6.26 Å². The van der Waals surface area contributed by atoms with Crippen molar-refractivity contribution < 1.29 is 23.8 Å². The van der Waals surface area contributed by atoms with Gasteiger partial charge in [-0.2, -0.15) is 0 Å². The quantitative estimate of drug-likeness (QED) is 0.812. The predicted octanol–water partition coefficient (Wildman–Crippen LogP) is 3.39. The highest BCUT2D eigenvalue weighted by molar-refractivity contribution is 6.06. The van der Waals surface area contributed by atoms with Gasteiger partial charge in [-0.15, -0.1) is 0 Å². The number of benzene rings is 1. The highest BCUT2D eigenvalue weighted by atomic mass is 16.5. The SMILES string of the molecule is Cc1coc(CC(=O)O)c1C(=O)Nc1cccc(COC(C)C)c1. The Hall–Kier alpha value is -2.60. The second-order valence-corrected chi connectivity index (χ2v) is 5.80. The molecule has 0 radical (unpaired) electrons. The molecular weight excluding hydrogens is 310 g/mol. The number of furan rings is 1. The van der Waals surface area contributed by atoms with Crippen molar-refractivity contribution in [3.05, 3.63) is 53.0 Å². The summed E-state index contributed by atoms with van der Waals surface area (Å²) in [6.07, 6.45) is 1.18. The predicted molar refractivity (Wildman–Crippen MR) is 89.1 cm³/mol. The Morgan fingerprint density at radius 3 is 2.75 bits per heavy atom. The summed E-state index contributed by atoms with van der Waals surface area (Å²) >= 11 is 0. The van der Waals surface area contributed by atoms with Gasteiger partial charge in [0.1, 0.15) is 12.2 Å². The highest BCUT2D eigenvalue weighted by Gasteiger charge is 2.20. The molecule has 1 aromatic heterocycles. The molecule has 1 heterocycles. The van der Waals surface area contributed by atoms with Crippen molar-refractivity contribution in [2.24, 2.45) is 0 Å². The minimum absolute atomic E-state index is 0.121. The van der Waals surface area contributed by atoms with Gasteiger partial charge >= 0.3 is 5.97 Å². The molecule has 2 N–H and O–H groups in total. The van der Waals surface area contributed by atoms with E-state index in [0.717, 1.165) is 5.56 Å². The van der Waals surface area contributed by atoms with Crippen molar-refractivity contribution in [1.29, 1.82) is 0 Å². The first-order valence-corrected chi connectivity index (χ1v) is 7.67. The lowest BCUT2D eigenvalue weighted by atomic mass is 10.1. The number of carbonyl (C=O) groups excluding carboxylic acids is 1. The van der Waals surface area contributed by atoms with Gasteiger partial charge in [-0.05, 0) is 38.5 Å². The van der Waals surface area contributed by atoms with Crippen molar-refractivity contribution >= 4 is 17.6 Å². The first-order chi connectivity index (χ1) is 11.4. The number of rotatable bonds is 7. The molecule has 24 heavy (non-hydrogen) atoms. The number of ether oxygens (including phenoxy) is 1. The largest absolute Gasteiger partial charge is 0.481 e. The van der Waals surface area contributed by atoms with Crippen molar-refractivity contribution in [3.63, 3.8) is 0 Å². The molecule has 0 aliphatic rings. The number of nitrogens with one attached hydrogen (secondary N) is 1. The van der Waals surface area contributed by atoms with Crippen LogP contribution in [-0.2, 0) is 22.6 Å². The zero-order chi connectivity index (χ0) is 17.7. The van der Waals surface area contributed by atoms with Crippen molar-refractivity contribution in [2.45, 2.75) is 39.9 Å². The third-order valence-electron chi connectivity index (χ3n) is 3.36. The summed E-state index contributed by atoms with van der Waals surface area (Å²) in [5.41, 5.74) is 2.42. The molecule has 0 fully saturated rings. The molecule has 0 saturated heterocycles. The molecule has 0 aliphatic carbocycles. The Labute approximate surface area is 140 Å². The molecule has 2 rings (SSSR count). The smallest absolute Gasteiger partial charge is 0.311 e. The fraction of sp³-hybridized carbons (Fsp3) is 0.333. The third-order valence-corrected chi connectivity index (χ3v) is 3.36. The molecular formula is C18H21NO5. The van der Waals surface area contributed by atoms with Crippen LogP contribution in [0.2, 0.25) is 0 Å². The van der Waals surface area contributed by atoms with E-state index in [1.54, 1.807) is 13.0 Å². The van der Waals surface area contributed by atoms with E-state index in [1.807, 2.05) is 32.0 Å². The van der Waals surface area contributed by atoms with Crippen molar-refractivity contribution in [1.82, 2.24) is 0 Å². The van der Waals surface area contributed by atoms with Crippen LogP contribution in [0, 0.1) is 6.92 Å². The molecule has 2 aromatic rings. The molecule has 0 bridgehead atoms. The third kappa shape index (κ3) is 4.70. The Bertz CT molecular complexity index is 733. The lowest BCUT2D eigenvalue weighted by Gasteiger charge is -2.10. The Balaban J connectivity index is 2.14. The fourth-order valence-corrected chi connectivity index (χ4v) is 2.27. The molecule has 0 atom stereocenters. The van der Waals surface area contributed by atoms with E-state index >= 15 is 0 Å². The number of aryl methyl sites for hydroxylation is 1. The molecule has 128 valence electrons. The maximum Gasteiger partial charge on any atom is 0.311 e. The molecule has 1 aromatic carbocycles. The normalized spacial score (nSPS) is 10.8. The number of hydrogen-bond acceptors (Lipinski definition) is 4. The maximum atomic E-state index is 12.5. The summed E-state index contributed by atoms with van der Waals surface area (Å²) in [7, 11) is 0. The van der Waals surface area contributed by atoms with Crippen molar-refractivity contribution in [3.8, 4) is 0 Å². The number of hydrogen-bond donors (Lipinski definition) is 2. The van der Waals surface area contributed by atoms with Gasteiger partial charge in [-0.25, -0.2) is 0 Å². The van der Waals surface area contributed by atoms with Gasteiger partial charge in [-0.1, -0.05) is 12.1 Å². The number of anilines is 1. The minimum Gasteiger partial charge on any atom is -0.481 e. The maximum absolute atomic E-state index is 12.5. The molecule has 1 amide bonds. The van der Waals surface area contributed by atoms with Crippen LogP contribution in [0.15, 0.2) is 34.9 Å². The van der Waals surface area contributed by atoms with E-state index < -0.39 is 5.97 Å². The van der Waals surface area contributed by atoms with Crippen LogP contribution in [0.25, 0.3) is 0 Å². The Kier molecular flexibility index (Phi) is 5.76. The van der Waals surface area contributed by atoms with E-state index in [2.05, 4.69) is 5.32 Å². The zero-order valence-electron chi connectivity index (χ0n) is 14.0. The van der Waals surface area contributed by atoms with Crippen LogP contribution < -0.4 is 5.32 Å². The summed E-state index contributed by atoms with van der Waals surface area (Å²) in [6, 6.07) is 7.33. The van der Waals surface area contributed by atoms with Gasteiger partial charge < -0.3 is 19.6 Å². The zero-order valence-corrected chi connectivity index (χ0v) is 14.0. The van der Waals surface area contributed by atoms with E-state index in [0.29, 0.717) is 17.9 Å². The fourth-order valence-electron chi connectivity index (χ4n) is 2.27. The van der Waals surface area contributed by atoms with Gasteiger partial charge in [0.05, 0.1) is 24.5 Å². The van der Waals surface area contributed by atoms with Crippen LogP contribution in [0.1, 0.15) is 41.1 Å². The average Bonchev–Trinajstić information content (AvgIpc) is 2.85. The molecule has 0 spiro atoms. The van der Waals surface area contributed by atoms with Gasteiger partial charge in [-0.3, -0.25) is 9.59 Å². The van der Waals surface area contributed by atoms with Crippen LogP contribution in [0.4, 0.5) is 5.69 Å². The molecule has 0 saturated carbocycles. The van der Waals surface area contributed by atoms with Gasteiger partial charge in [0.25, 0.3) is 5.91 Å². The van der Waals surface area contributed by atoms with Gasteiger partial charge in [0, 0.05) is 11.3 Å². The van der Waals surface area contributed by atoms with Crippen LogP contribution in [-0.4, -0.2) is 23.1 Å². The number of aliphatic carboxylic acids is 1. The van der Waals surface area contributed by atoms with Crippen LogP contribution in [0.5, 0.6) is 0 Å². The number of carbonyl (C=O) groups is 2. The van der Waals surface area contributed by atoms with E-state index in [9.17, 15) is 9.59 Å². The Morgan fingerprint density at radius 2 is 2.08 bits per heavy atom. The van der Waals surface area contributed by atoms with Crippen LogP contribution >= 0.6 is 0 Å². The lowest BCUT2D eigenvalue weighted by molar-refractivity contribution is -0.136. The second-order valence-electron chi connectivity index (χ2n) is 5.80. The summed E-state index contributed by atoms with van der Waals surface area (Å²) in [5, 5.41) is 11.7. The molecule has 6 nitrogen and oxygen atoms in total. The first-order valence-electron chi connectivity index (χ1n) is 7.67. The lowest BCUT2D eigenvalue weighted by Crippen LogP contribution is -2.15. The number of carboxylic acid groups (broad SMARTS) is 1. The number of amides is 1. The summed E-state index contributed by atoms with van der Waals surface area (Å²) in [5.74, 6) is -1.29. The van der Waals surface area contributed by atoms with E-state index in [-0.39, 0.29) is 29.8 Å². The summed E-state index contributed by atoms with van der Waals surface area (Å²) in [6.45, 7) is 6.07. The summed E-state index contributed by atoms with van der Waals surface area (Å²) < 4.78 is 10.7. The van der Waals surface area contributed by atoms with E-state index in [4.69, 9.17) is 14.3 Å². The first kappa shape index (κ1) is 17.7. The summed E-state index contributed by atoms with van der Waals surface area (Å²) in [4.78, 5) is 23.4. The number of carboxylic acids is 1. The molecule has 0 unspecified atom stereocenters. The van der Waals surface area contributed by atoms with Crippen LogP contribution in [0.3, 0.4) is 0 Å². The molecule has 6 heteroatoms. The standard InChI is InChI=1S/C18H21NO5/c1-11(2)23-10-13-5-4-6-14(7-13)19-18(22)17-12(3)9-24-15(17)8-16(20)21/h4-7,9,11H,8,10H2,1-3H3,(H,19,22)(H,20,21). The minimum atomic E-state index is -1.05. The average molecular weight is 331 g/mol. The Morgan fingerprint density at radius 1 is 1.33 bits per heavy atom. The monoisotopic (exact) mass is 331 g/mol. The van der Waals surface area contributed by atoms with Gasteiger partial charge in [0.15, 0.2) is 0 Å². The molecule has 0 aliphatic heterocycles. The van der Waals surface area contributed by atoms with Crippen molar-refractivity contribution in [2.75, 3.05) is 5.32 Å². The second kappa shape index (κ2) is 7.79.